The Morgan fingerprint density at radius 2 is 1.74 bits per heavy atom. The van der Waals surface area contributed by atoms with E-state index in [0.717, 1.165) is 25.4 Å². The van der Waals surface area contributed by atoms with Crippen molar-refractivity contribution in [2.75, 3.05) is 7.11 Å². The van der Waals surface area contributed by atoms with Crippen molar-refractivity contribution >= 4 is 29.4 Å². The second kappa shape index (κ2) is 10.00. The third-order valence-electron chi connectivity index (χ3n) is 4.85. The number of aliphatic hydroxyl groups is 1. The van der Waals surface area contributed by atoms with Gasteiger partial charge < -0.3 is 19.3 Å². The number of benzene rings is 1. The molecule has 180 valence electrons. The summed E-state index contributed by atoms with van der Waals surface area (Å²) in [6.07, 6.45) is -5.01. The van der Waals surface area contributed by atoms with Crippen LogP contribution in [0.4, 0.5) is 18.0 Å². The predicted octanol–water partition coefficient (Wildman–Crippen LogP) is 5.67. The van der Waals surface area contributed by atoms with Gasteiger partial charge in [0.25, 0.3) is 0 Å². The number of carbonyl (C=O) groups excluding carboxylic acids is 1. The number of ether oxygens (including phenoxy) is 3. The summed E-state index contributed by atoms with van der Waals surface area (Å²) in [6.45, 7) is 1.17. The topological polar surface area (TPSA) is 104 Å². The molecule has 0 aliphatic heterocycles. The number of hydrogen-bond donors (Lipinski definition) is 1. The van der Waals surface area contributed by atoms with E-state index in [2.05, 4.69) is 19.9 Å². The second-order valence-corrected chi connectivity index (χ2v) is 7.70. The average Bonchev–Trinajstić information content (AvgIpc) is 2.79. The first-order valence-electron chi connectivity index (χ1n) is 9.43. The standard InChI is InChI=1S/C21H16Cl2F3N3O5/c1-11(20(31,21(24,25)26)12-7-8-27-16(23)9-12)14-10-13(3-4-15(14)22)33-17-5-6-18(29-28-17)34-19(30)32-2/h3-11,31H,1-2H3. The molecule has 1 aromatic carbocycles. The van der Waals surface area contributed by atoms with Crippen LogP contribution in [-0.2, 0) is 10.3 Å². The molecule has 0 saturated carbocycles. The van der Waals surface area contributed by atoms with Crippen molar-refractivity contribution in [3.05, 3.63) is 70.0 Å². The number of pyridine rings is 1. The highest BCUT2D eigenvalue weighted by atomic mass is 35.5. The van der Waals surface area contributed by atoms with Crippen molar-refractivity contribution in [1.82, 2.24) is 15.2 Å². The van der Waals surface area contributed by atoms with E-state index in [9.17, 15) is 23.1 Å². The number of rotatable bonds is 6. The third-order valence-corrected chi connectivity index (χ3v) is 5.40. The number of aromatic nitrogens is 3. The van der Waals surface area contributed by atoms with Crippen LogP contribution in [0.5, 0.6) is 17.5 Å². The predicted molar refractivity (Wildman–Crippen MR) is 114 cm³/mol. The Bertz CT molecular complexity index is 1180. The maximum absolute atomic E-state index is 14.1. The first kappa shape index (κ1) is 25.5. The molecule has 0 aliphatic carbocycles. The quantitative estimate of drug-likeness (QED) is 0.329. The zero-order valence-electron chi connectivity index (χ0n) is 17.5. The number of nitrogens with zero attached hydrogens (tertiary/aromatic N) is 3. The Kier molecular flexibility index (Phi) is 7.49. The van der Waals surface area contributed by atoms with Gasteiger partial charge in [-0.05, 0) is 41.5 Å². The molecule has 0 bridgehead atoms. The normalized spacial score (nSPS) is 14.1. The Morgan fingerprint density at radius 1 is 1.06 bits per heavy atom. The van der Waals surface area contributed by atoms with Gasteiger partial charge in [0.15, 0.2) is 5.60 Å². The van der Waals surface area contributed by atoms with Crippen LogP contribution >= 0.6 is 23.2 Å². The average molecular weight is 518 g/mol. The van der Waals surface area contributed by atoms with Crippen LogP contribution in [0.15, 0.2) is 48.7 Å². The van der Waals surface area contributed by atoms with Gasteiger partial charge in [-0.2, -0.15) is 13.2 Å². The summed E-state index contributed by atoms with van der Waals surface area (Å²) in [7, 11) is 1.12. The number of halogens is 5. The minimum absolute atomic E-state index is 0.0319. The van der Waals surface area contributed by atoms with E-state index in [1.165, 1.54) is 37.3 Å². The molecule has 0 fully saturated rings. The van der Waals surface area contributed by atoms with E-state index in [1.54, 1.807) is 0 Å². The van der Waals surface area contributed by atoms with Crippen LogP contribution in [0.1, 0.15) is 24.0 Å². The van der Waals surface area contributed by atoms with E-state index in [0.29, 0.717) is 0 Å². The Morgan fingerprint density at radius 3 is 2.32 bits per heavy atom. The van der Waals surface area contributed by atoms with Gasteiger partial charge in [0.1, 0.15) is 10.9 Å². The fourth-order valence-corrected chi connectivity index (χ4v) is 3.56. The Labute approximate surface area is 201 Å². The first-order chi connectivity index (χ1) is 16.0. The van der Waals surface area contributed by atoms with Crippen LogP contribution in [0.2, 0.25) is 10.2 Å². The molecule has 1 N–H and O–H groups in total. The van der Waals surface area contributed by atoms with Crippen LogP contribution in [0.25, 0.3) is 0 Å². The van der Waals surface area contributed by atoms with Crippen LogP contribution in [0.3, 0.4) is 0 Å². The molecule has 0 saturated heterocycles. The van der Waals surface area contributed by atoms with Gasteiger partial charge in [0.05, 0.1) is 7.11 Å². The molecule has 8 nitrogen and oxygen atoms in total. The third kappa shape index (κ3) is 5.32. The lowest BCUT2D eigenvalue weighted by molar-refractivity contribution is -0.274. The van der Waals surface area contributed by atoms with Gasteiger partial charge in [0, 0.05) is 29.3 Å². The number of hydrogen-bond acceptors (Lipinski definition) is 8. The van der Waals surface area contributed by atoms with Crippen molar-refractivity contribution in [3.8, 4) is 17.5 Å². The maximum atomic E-state index is 14.1. The highest BCUT2D eigenvalue weighted by Gasteiger charge is 2.59. The van der Waals surface area contributed by atoms with Crippen molar-refractivity contribution in [2.45, 2.75) is 24.6 Å². The molecule has 0 radical (unpaired) electrons. The molecule has 0 amide bonds. The fourth-order valence-electron chi connectivity index (χ4n) is 3.11. The van der Waals surface area contributed by atoms with Crippen molar-refractivity contribution in [1.29, 1.82) is 0 Å². The van der Waals surface area contributed by atoms with E-state index in [4.69, 9.17) is 32.7 Å². The van der Waals surface area contributed by atoms with Crippen molar-refractivity contribution in [2.24, 2.45) is 0 Å². The molecule has 0 aliphatic rings. The lowest BCUT2D eigenvalue weighted by Crippen LogP contribution is -2.46. The summed E-state index contributed by atoms with van der Waals surface area (Å²) in [5, 5.41) is 18.0. The zero-order valence-corrected chi connectivity index (χ0v) is 19.0. The van der Waals surface area contributed by atoms with Gasteiger partial charge in [-0.15, -0.1) is 10.2 Å². The molecular formula is C21H16Cl2F3N3O5. The Balaban J connectivity index is 1.93. The van der Waals surface area contributed by atoms with Gasteiger partial charge in [-0.25, -0.2) is 9.78 Å². The van der Waals surface area contributed by atoms with E-state index < -0.39 is 29.4 Å². The molecule has 3 aromatic rings. The summed E-state index contributed by atoms with van der Waals surface area (Å²) in [5.41, 5.74) is -3.89. The molecule has 2 heterocycles. The van der Waals surface area contributed by atoms with Gasteiger partial charge in [0.2, 0.25) is 11.8 Å². The van der Waals surface area contributed by atoms with E-state index in [1.807, 2.05) is 0 Å². The number of methoxy groups -OCH3 is 1. The summed E-state index contributed by atoms with van der Waals surface area (Å²) in [5.74, 6) is -1.72. The largest absolute Gasteiger partial charge is 0.514 e. The molecule has 2 atom stereocenters. The summed E-state index contributed by atoms with van der Waals surface area (Å²) < 4.78 is 57.0. The maximum Gasteiger partial charge on any atom is 0.514 e. The summed E-state index contributed by atoms with van der Waals surface area (Å²) in [6, 6.07) is 8.51. The second-order valence-electron chi connectivity index (χ2n) is 6.90. The summed E-state index contributed by atoms with van der Waals surface area (Å²) in [4.78, 5) is 14.8. The molecule has 3 rings (SSSR count). The lowest BCUT2D eigenvalue weighted by Gasteiger charge is -2.37. The molecule has 0 spiro atoms. The zero-order chi connectivity index (χ0) is 25.1. The monoisotopic (exact) mass is 517 g/mol. The molecule has 2 aromatic heterocycles. The summed E-state index contributed by atoms with van der Waals surface area (Å²) >= 11 is 12.0. The highest BCUT2D eigenvalue weighted by molar-refractivity contribution is 6.31. The van der Waals surface area contributed by atoms with E-state index in [-0.39, 0.29) is 33.2 Å². The van der Waals surface area contributed by atoms with Crippen molar-refractivity contribution < 1.29 is 37.3 Å². The molecule has 13 heteroatoms. The van der Waals surface area contributed by atoms with Gasteiger partial charge in [-0.1, -0.05) is 30.1 Å². The lowest BCUT2D eigenvalue weighted by atomic mass is 9.78. The van der Waals surface area contributed by atoms with Crippen molar-refractivity contribution in [3.63, 3.8) is 0 Å². The smallest absolute Gasteiger partial charge is 0.438 e. The minimum atomic E-state index is -5.09. The molecular weight excluding hydrogens is 502 g/mol. The van der Waals surface area contributed by atoms with Crippen LogP contribution < -0.4 is 9.47 Å². The fraction of sp³-hybridized carbons (Fsp3) is 0.238. The first-order valence-corrected chi connectivity index (χ1v) is 10.2. The SMILES string of the molecule is COC(=O)Oc1ccc(Oc2ccc(Cl)c(C(C)C(O)(c3ccnc(Cl)c3)C(F)(F)F)c2)nn1. The van der Waals surface area contributed by atoms with E-state index >= 15 is 0 Å². The highest BCUT2D eigenvalue weighted by Crippen LogP contribution is 2.50. The van der Waals surface area contributed by atoms with Crippen LogP contribution in [0, 0.1) is 0 Å². The number of alkyl halides is 3. The minimum Gasteiger partial charge on any atom is -0.438 e. The van der Waals surface area contributed by atoms with Gasteiger partial charge in [-0.3, -0.25) is 0 Å². The number of carbonyl (C=O) groups is 1. The van der Waals surface area contributed by atoms with Crippen LogP contribution in [-0.4, -0.2) is 39.7 Å². The molecule has 34 heavy (non-hydrogen) atoms. The Hall–Kier alpha value is -3.15. The van der Waals surface area contributed by atoms with Gasteiger partial charge >= 0.3 is 12.3 Å². The molecule has 2 unspecified atom stereocenters.